The van der Waals surface area contributed by atoms with Crippen LogP contribution in [0.4, 0.5) is 0 Å². The van der Waals surface area contributed by atoms with Crippen molar-refractivity contribution in [1.29, 1.82) is 0 Å². The van der Waals surface area contributed by atoms with Crippen molar-refractivity contribution in [3.8, 4) is 17.8 Å². The zero-order valence-electron chi connectivity index (χ0n) is 10.4. The summed E-state index contributed by atoms with van der Waals surface area (Å²) >= 11 is 17.6. The van der Waals surface area contributed by atoms with E-state index >= 15 is 0 Å². The first-order chi connectivity index (χ1) is 9.58. The summed E-state index contributed by atoms with van der Waals surface area (Å²) in [5.74, 6) is 0.322. The van der Waals surface area contributed by atoms with Crippen molar-refractivity contribution in [3.05, 3.63) is 33.5 Å². The molecule has 0 radical (unpaired) electrons. The first kappa shape index (κ1) is 15.1. The van der Waals surface area contributed by atoms with E-state index in [1.54, 1.807) is 18.2 Å². The third-order valence-electron chi connectivity index (χ3n) is 2.10. The topological polar surface area (TPSA) is 57.1 Å². The number of ether oxygens (including phenoxy) is 2. The highest BCUT2D eigenvalue weighted by Gasteiger charge is 2.10. The molecular formula is C12H10Cl3N3O2. The monoisotopic (exact) mass is 333 g/mol. The van der Waals surface area contributed by atoms with Crippen LogP contribution >= 0.6 is 34.8 Å². The number of nitrogens with zero attached hydrogens (tertiary/aromatic N) is 3. The molecule has 1 heterocycles. The molecule has 1 aromatic heterocycles. The summed E-state index contributed by atoms with van der Waals surface area (Å²) in [6, 6.07) is 4.89. The van der Waals surface area contributed by atoms with E-state index in [1.807, 2.05) is 6.92 Å². The predicted octanol–water partition coefficient (Wildman–Crippen LogP) is 4.41. The van der Waals surface area contributed by atoms with Crippen LogP contribution in [0.5, 0.6) is 17.8 Å². The van der Waals surface area contributed by atoms with E-state index < -0.39 is 0 Å². The van der Waals surface area contributed by atoms with Gasteiger partial charge in [0, 0.05) is 11.1 Å². The molecule has 0 aliphatic carbocycles. The van der Waals surface area contributed by atoms with Crippen molar-refractivity contribution in [2.24, 2.45) is 0 Å². The number of halogens is 3. The lowest BCUT2D eigenvalue weighted by Crippen LogP contribution is -2.03. The van der Waals surface area contributed by atoms with Crippen LogP contribution in [0.15, 0.2) is 18.2 Å². The van der Waals surface area contributed by atoms with E-state index in [2.05, 4.69) is 15.0 Å². The molecule has 20 heavy (non-hydrogen) atoms. The van der Waals surface area contributed by atoms with Crippen molar-refractivity contribution in [2.75, 3.05) is 6.61 Å². The maximum atomic E-state index is 5.99. The summed E-state index contributed by atoms with van der Waals surface area (Å²) in [6.45, 7) is 2.43. The van der Waals surface area contributed by atoms with E-state index in [-0.39, 0.29) is 17.3 Å². The smallest absolute Gasteiger partial charge is 0.329 e. The average molecular weight is 335 g/mol. The molecule has 5 nitrogen and oxygen atoms in total. The normalized spacial score (nSPS) is 10.4. The van der Waals surface area contributed by atoms with Gasteiger partial charge in [0.1, 0.15) is 0 Å². The van der Waals surface area contributed by atoms with Crippen LogP contribution in [0.3, 0.4) is 0 Å². The maximum Gasteiger partial charge on any atom is 0.329 e. The molecule has 0 atom stereocenters. The molecule has 0 aliphatic rings. The second kappa shape index (κ2) is 6.92. The molecule has 106 valence electrons. The van der Waals surface area contributed by atoms with Crippen LogP contribution in [-0.4, -0.2) is 21.6 Å². The number of rotatable bonds is 5. The Labute approximate surface area is 130 Å². The summed E-state index contributed by atoms with van der Waals surface area (Å²) in [6.07, 6.45) is 0.819. The molecule has 8 heteroatoms. The number of hydrogen-bond donors (Lipinski definition) is 0. The summed E-state index contributed by atoms with van der Waals surface area (Å²) in [4.78, 5) is 11.7. The van der Waals surface area contributed by atoms with Crippen LogP contribution in [-0.2, 0) is 0 Å². The maximum absolute atomic E-state index is 5.99. The van der Waals surface area contributed by atoms with Gasteiger partial charge in [0.25, 0.3) is 0 Å². The van der Waals surface area contributed by atoms with Gasteiger partial charge in [-0.3, -0.25) is 0 Å². The van der Waals surface area contributed by atoms with Crippen molar-refractivity contribution in [2.45, 2.75) is 13.3 Å². The lowest BCUT2D eigenvalue weighted by molar-refractivity contribution is 0.284. The Hall–Kier alpha value is -1.30. The third kappa shape index (κ3) is 4.10. The SMILES string of the molecule is CCCOc1nc(Cl)nc(Oc2cc(Cl)ccc2Cl)n1. The van der Waals surface area contributed by atoms with Gasteiger partial charge in [0.05, 0.1) is 11.6 Å². The molecule has 2 rings (SSSR count). The molecule has 0 aliphatic heterocycles. The molecule has 0 unspecified atom stereocenters. The van der Waals surface area contributed by atoms with E-state index in [4.69, 9.17) is 44.3 Å². The molecule has 0 saturated heterocycles. The molecule has 0 spiro atoms. The standard InChI is InChI=1S/C12H10Cl3N3O2/c1-2-5-19-11-16-10(15)17-12(18-11)20-9-6-7(13)3-4-8(9)14/h3-4,6H,2,5H2,1H3. The largest absolute Gasteiger partial charge is 0.463 e. The zero-order valence-corrected chi connectivity index (χ0v) is 12.7. The van der Waals surface area contributed by atoms with E-state index in [0.29, 0.717) is 22.4 Å². The first-order valence-electron chi connectivity index (χ1n) is 5.75. The Morgan fingerprint density at radius 2 is 1.80 bits per heavy atom. The van der Waals surface area contributed by atoms with Gasteiger partial charge in [-0.25, -0.2) is 0 Å². The molecule has 0 N–H and O–H groups in total. The van der Waals surface area contributed by atoms with Gasteiger partial charge in [-0.05, 0) is 30.2 Å². The molecule has 0 amide bonds. The molecule has 0 fully saturated rings. The van der Waals surface area contributed by atoms with Gasteiger partial charge >= 0.3 is 12.0 Å². The van der Waals surface area contributed by atoms with Crippen LogP contribution in [0.25, 0.3) is 0 Å². The molecule has 2 aromatic rings. The lowest BCUT2D eigenvalue weighted by Gasteiger charge is -2.08. The minimum Gasteiger partial charge on any atom is -0.463 e. The predicted molar refractivity (Wildman–Crippen MR) is 77.2 cm³/mol. The van der Waals surface area contributed by atoms with E-state index in [1.165, 1.54) is 0 Å². The Bertz CT molecular complexity index is 610. The highest BCUT2D eigenvalue weighted by molar-refractivity contribution is 6.34. The lowest BCUT2D eigenvalue weighted by atomic mass is 10.3. The van der Waals surface area contributed by atoms with Crippen LogP contribution < -0.4 is 9.47 Å². The quantitative estimate of drug-likeness (QED) is 0.810. The van der Waals surface area contributed by atoms with Crippen LogP contribution in [0, 0.1) is 0 Å². The highest BCUT2D eigenvalue weighted by atomic mass is 35.5. The molecule has 1 aromatic carbocycles. The van der Waals surface area contributed by atoms with Crippen molar-refractivity contribution >= 4 is 34.8 Å². The van der Waals surface area contributed by atoms with Gasteiger partial charge in [-0.2, -0.15) is 9.97 Å². The van der Waals surface area contributed by atoms with Gasteiger partial charge in [0.2, 0.25) is 5.28 Å². The zero-order chi connectivity index (χ0) is 14.5. The summed E-state index contributed by atoms with van der Waals surface area (Å²) in [5.41, 5.74) is 0. The fourth-order valence-electron chi connectivity index (χ4n) is 1.27. The second-order valence-corrected chi connectivity index (χ2v) is 4.88. The summed E-state index contributed by atoms with van der Waals surface area (Å²) < 4.78 is 10.7. The second-order valence-electron chi connectivity index (χ2n) is 3.69. The number of hydrogen-bond acceptors (Lipinski definition) is 5. The van der Waals surface area contributed by atoms with Crippen molar-refractivity contribution in [3.63, 3.8) is 0 Å². The van der Waals surface area contributed by atoms with Gasteiger partial charge in [-0.15, -0.1) is 4.98 Å². The van der Waals surface area contributed by atoms with Crippen LogP contribution in [0.2, 0.25) is 15.3 Å². The molecular weight excluding hydrogens is 325 g/mol. The fraction of sp³-hybridized carbons (Fsp3) is 0.250. The first-order valence-corrected chi connectivity index (χ1v) is 6.89. The van der Waals surface area contributed by atoms with Crippen molar-refractivity contribution < 1.29 is 9.47 Å². The van der Waals surface area contributed by atoms with Crippen molar-refractivity contribution in [1.82, 2.24) is 15.0 Å². The average Bonchev–Trinajstić information content (AvgIpc) is 2.40. The molecule has 0 bridgehead atoms. The Balaban J connectivity index is 2.24. The Morgan fingerprint density at radius 1 is 1.05 bits per heavy atom. The van der Waals surface area contributed by atoms with E-state index in [0.717, 1.165) is 6.42 Å². The van der Waals surface area contributed by atoms with E-state index in [9.17, 15) is 0 Å². The van der Waals surface area contributed by atoms with Gasteiger partial charge < -0.3 is 9.47 Å². The minimum atomic E-state index is -0.0285. The summed E-state index contributed by atoms with van der Waals surface area (Å²) in [7, 11) is 0. The molecule has 0 saturated carbocycles. The number of aromatic nitrogens is 3. The minimum absolute atomic E-state index is 0.0136. The Morgan fingerprint density at radius 3 is 2.55 bits per heavy atom. The summed E-state index contributed by atoms with van der Waals surface area (Å²) in [5, 5.41) is 0.827. The highest BCUT2D eigenvalue weighted by Crippen LogP contribution is 2.31. The number of benzene rings is 1. The Kier molecular flexibility index (Phi) is 5.23. The van der Waals surface area contributed by atoms with Gasteiger partial charge in [-0.1, -0.05) is 30.1 Å². The van der Waals surface area contributed by atoms with Crippen LogP contribution in [0.1, 0.15) is 13.3 Å². The third-order valence-corrected chi connectivity index (χ3v) is 2.81. The fourth-order valence-corrected chi connectivity index (χ4v) is 1.73. The van der Waals surface area contributed by atoms with Gasteiger partial charge in [0.15, 0.2) is 5.75 Å².